The number of fused-ring (bicyclic) bond motifs is 1. The highest BCUT2D eigenvalue weighted by Gasteiger charge is 2.35. The van der Waals surface area contributed by atoms with Crippen molar-refractivity contribution in [3.63, 3.8) is 0 Å². The molecule has 33 heavy (non-hydrogen) atoms. The Morgan fingerprint density at radius 1 is 1.06 bits per heavy atom. The monoisotopic (exact) mass is 447 g/mol. The number of carbonyl (C=O) groups excluding carboxylic acids is 1. The molecule has 2 aromatic heterocycles. The van der Waals surface area contributed by atoms with Gasteiger partial charge in [-0.1, -0.05) is 24.3 Å². The topological polar surface area (TPSA) is 52.9 Å². The molecule has 0 spiro atoms. The summed E-state index contributed by atoms with van der Waals surface area (Å²) < 4.78 is 17.2. The summed E-state index contributed by atoms with van der Waals surface area (Å²) in [5, 5.41) is 7.70. The second kappa shape index (κ2) is 8.13. The normalized spacial score (nSPS) is 23.8. The minimum Gasteiger partial charge on any atom is -0.366 e. The summed E-state index contributed by atoms with van der Waals surface area (Å²) in [6, 6.07) is 12.1. The number of piperazine rings is 1. The average molecular weight is 448 g/mol. The van der Waals surface area contributed by atoms with Crippen LogP contribution in [0.4, 0.5) is 10.1 Å². The van der Waals surface area contributed by atoms with Gasteiger partial charge in [-0.25, -0.2) is 8.91 Å². The van der Waals surface area contributed by atoms with Crippen molar-refractivity contribution in [1.82, 2.24) is 19.8 Å². The van der Waals surface area contributed by atoms with E-state index in [4.69, 9.17) is 0 Å². The first-order valence-electron chi connectivity index (χ1n) is 12.1. The molecule has 3 aromatic rings. The molecule has 6 rings (SSSR count). The molecule has 0 radical (unpaired) electrons. The number of benzene rings is 1. The zero-order valence-electron chi connectivity index (χ0n) is 18.8. The quantitative estimate of drug-likeness (QED) is 0.664. The van der Waals surface area contributed by atoms with Crippen LogP contribution >= 0.6 is 0 Å². The summed E-state index contributed by atoms with van der Waals surface area (Å²) in [6.07, 6.45) is 7.42. The molecule has 0 bridgehead atoms. The molecule has 1 saturated carbocycles. The van der Waals surface area contributed by atoms with E-state index < -0.39 is 5.67 Å². The maximum absolute atomic E-state index is 15.3. The summed E-state index contributed by atoms with van der Waals surface area (Å²) in [4.78, 5) is 16.8. The molecule has 0 unspecified atom stereocenters. The first kappa shape index (κ1) is 20.7. The SMILES string of the molecule is O=C(C1CC1)N1CCN(c2ccnn3cc(-c4ccc([C@]5(F)CCCNC5)cc4)cc23)CC1. The molecular formula is C26H30FN5O. The number of aromatic nitrogens is 2. The Kier molecular flexibility index (Phi) is 5.09. The second-order valence-corrected chi connectivity index (χ2v) is 9.68. The van der Waals surface area contributed by atoms with E-state index in [1.54, 1.807) is 0 Å². The van der Waals surface area contributed by atoms with Crippen molar-refractivity contribution < 1.29 is 9.18 Å². The molecule has 1 atom stereocenters. The predicted molar refractivity (Wildman–Crippen MR) is 127 cm³/mol. The largest absolute Gasteiger partial charge is 0.366 e. The first-order valence-corrected chi connectivity index (χ1v) is 12.1. The number of nitrogens with zero attached hydrogens (tertiary/aromatic N) is 4. The van der Waals surface area contributed by atoms with Crippen LogP contribution in [0.25, 0.3) is 16.6 Å². The smallest absolute Gasteiger partial charge is 0.225 e. The van der Waals surface area contributed by atoms with Crippen molar-refractivity contribution in [3.8, 4) is 11.1 Å². The molecule has 2 aliphatic heterocycles. The van der Waals surface area contributed by atoms with Crippen molar-refractivity contribution in [1.29, 1.82) is 0 Å². The molecule has 3 fully saturated rings. The summed E-state index contributed by atoms with van der Waals surface area (Å²) in [7, 11) is 0. The Balaban J connectivity index is 1.22. The van der Waals surface area contributed by atoms with Crippen molar-refractivity contribution in [2.75, 3.05) is 44.2 Å². The maximum Gasteiger partial charge on any atom is 0.225 e. The summed E-state index contributed by atoms with van der Waals surface area (Å²) in [5.41, 5.74) is 3.79. The third-order valence-electron chi connectivity index (χ3n) is 7.41. The molecular weight excluding hydrogens is 417 g/mol. The summed E-state index contributed by atoms with van der Waals surface area (Å²) >= 11 is 0. The zero-order chi connectivity index (χ0) is 22.4. The van der Waals surface area contributed by atoms with Gasteiger partial charge in [0.05, 0.1) is 11.2 Å². The number of anilines is 1. The fraction of sp³-hybridized carbons (Fsp3) is 0.462. The molecule has 2 saturated heterocycles. The van der Waals surface area contributed by atoms with Gasteiger partial charge in [0.15, 0.2) is 0 Å². The van der Waals surface area contributed by atoms with E-state index in [1.165, 1.54) is 0 Å². The summed E-state index contributed by atoms with van der Waals surface area (Å²) in [5.74, 6) is 0.618. The molecule has 1 aromatic carbocycles. The Morgan fingerprint density at radius 2 is 1.85 bits per heavy atom. The fourth-order valence-corrected chi connectivity index (χ4v) is 5.26. The number of halogens is 1. The lowest BCUT2D eigenvalue weighted by molar-refractivity contribution is -0.132. The second-order valence-electron chi connectivity index (χ2n) is 9.68. The molecule has 1 aliphatic carbocycles. The van der Waals surface area contributed by atoms with Crippen LogP contribution < -0.4 is 10.2 Å². The van der Waals surface area contributed by atoms with Gasteiger partial charge in [-0.2, -0.15) is 5.10 Å². The number of hydrogen-bond acceptors (Lipinski definition) is 4. The number of rotatable bonds is 4. The van der Waals surface area contributed by atoms with E-state index in [1.807, 2.05) is 46.1 Å². The van der Waals surface area contributed by atoms with Crippen LogP contribution in [0.2, 0.25) is 0 Å². The van der Waals surface area contributed by atoms with Gasteiger partial charge in [0.1, 0.15) is 5.67 Å². The third kappa shape index (κ3) is 3.88. The number of amides is 1. The van der Waals surface area contributed by atoms with Crippen LogP contribution in [0.5, 0.6) is 0 Å². The van der Waals surface area contributed by atoms with Crippen molar-refractivity contribution >= 4 is 17.1 Å². The number of alkyl halides is 1. The maximum atomic E-state index is 15.3. The van der Waals surface area contributed by atoms with E-state index in [2.05, 4.69) is 27.4 Å². The van der Waals surface area contributed by atoms with Gasteiger partial charge in [-0.15, -0.1) is 0 Å². The fourth-order valence-electron chi connectivity index (χ4n) is 5.26. The minimum absolute atomic E-state index is 0.283. The van der Waals surface area contributed by atoms with E-state index >= 15 is 4.39 Å². The minimum atomic E-state index is -1.28. The first-order chi connectivity index (χ1) is 16.1. The van der Waals surface area contributed by atoms with Crippen LogP contribution in [0.1, 0.15) is 31.2 Å². The van der Waals surface area contributed by atoms with Gasteiger partial charge in [0.2, 0.25) is 5.91 Å². The van der Waals surface area contributed by atoms with E-state index in [0.29, 0.717) is 18.9 Å². The molecule has 4 heterocycles. The lowest BCUT2D eigenvalue weighted by atomic mass is 9.87. The molecule has 1 N–H and O–H groups in total. The molecule has 1 amide bonds. The van der Waals surface area contributed by atoms with Crippen molar-refractivity contribution in [2.24, 2.45) is 5.92 Å². The van der Waals surface area contributed by atoms with Gasteiger partial charge in [-0.3, -0.25) is 4.79 Å². The van der Waals surface area contributed by atoms with Crippen LogP contribution in [0, 0.1) is 5.92 Å². The van der Waals surface area contributed by atoms with Gasteiger partial charge >= 0.3 is 0 Å². The molecule has 7 heteroatoms. The highest BCUT2D eigenvalue weighted by molar-refractivity contribution is 5.82. The number of piperidine rings is 1. The van der Waals surface area contributed by atoms with Crippen LogP contribution in [-0.2, 0) is 10.5 Å². The van der Waals surface area contributed by atoms with Gasteiger partial charge < -0.3 is 15.1 Å². The lowest BCUT2D eigenvalue weighted by Gasteiger charge is -2.36. The molecule has 172 valence electrons. The van der Waals surface area contributed by atoms with Gasteiger partial charge in [-0.05, 0) is 55.5 Å². The van der Waals surface area contributed by atoms with Gasteiger partial charge in [0.25, 0.3) is 0 Å². The van der Waals surface area contributed by atoms with Crippen molar-refractivity contribution in [3.05, 3.63) is 54.4 Å². The average Bonchev–Trinajstić information content (AvgIpc) is 3.62. The van der Waals surface area contributed by atoms with E-state index in [0.717, 1.165) is 79.9 Å². The lowest BCUT2D eigenvalue weighted by Crippen LogP contribution is -2.49. The van der Waals surface area contributed by atoms with E-state index in [9.17, 15) is 4.79 Å². The highest BCUT2D eigenvalue weighted by atomic mass is 19.1. The standard InChI is InChI=1S/C26H30FN5O/c27-26(9-1-10-28-18-26)22-6-4-19(5-7-22)21-16-24-23(8-11-29-32(24)17-21)30-12-14-31(15-13-30)25(33)20-2-3-20/h4-8,11,16-17,20,28H,1-3,9-10,12-15,18H2/t26-/m0/s1. The number of carbonyl (C=O) groups is 1. The zero-order valence-corrected chi connectivity index (χ0v) is 18.8. The number of nitrogens with one attached hydrogen (secondary N) is 1. The predicted octanol–water partition coefficient (Wildman–Crippen LogP) is 3.61. The van der Waals surface area contributed by atoms with E-state index in [-0.39, 0.29) is 5.92 Å². The van der Waals surface area contributed by atoms with Crippen LogP contribution in [-0.4, -0.2) is 59.7 Å². The Hall–Kier alpha value is -2.93. The Labute approximate surface area is 193 Å². The highest BCUT2D eigenvalue weighted by Crippen LogP contribution is 2.35. The van der Waals surface area contributed by atoms with Gasteiger partial charge in [0, 0.05) is 56.6 Å². The van der Waals surface area contributed by atoms with Crippen LogP contribution in [0.15, 0.2) is 48.8 Å². The van der Waals surface area contributed by atoms with Crippen LogP contribution in [0.3, 0.4) is 0 Å². The molecule has 6 nitrogen and oxygen atoms in total. The Bertz CT molecular complexity index is 1160. The van der Waals surface area contributed by atoms with Crippen molar-refractivity contribution in [2.45, 2.75) is 31.4 Å². The summed E-state index contributed by atoms with van der Waals surface area (Å²) in [6.45, 7) is 4.49. The molecule has 3 aliphatic rings. The Morgan fingerprint density at radius 3 is 2.55 bits per heavy atom. The third-order valence-corrected chi connectivity index (χ3v) is 7.41. The number of hydrogen-bond donors (Lipinski definition) is 1.